The molecule has 7 nitrogen and oxygen atoms in total. The molecular weight excluding hydrogens is 394 g/mol. The number of hydrogen-bond acceptors (Lipinski definition) is 8. The number of nitrogens with zero attached hydrogens (tertiary/aromatic N) is 3. The summed E-state index contributed by atoms with van der Waals surface area (Å²) in [7, 11) is 0. The van der Waals surface area contributed by atoms with E-state index in [0.29, 0.717) is 34.2 Å². The Morgan fingerprint density at radius 3 is 2.86 bits per heavy atom. The smallest absolute Gasteiger partial charge is 0.258 e. The van der Waals surface area contributed by atoms with Crippen LogP contribution >= 0.6 is 23.1 Å². The SMILES string of the molecule is CCOc1ccccc1Nc1nnc(SCc2nc3ccccc3c(=O)[nH]2)s1. The first-order valence-corrected chi connectivity index (χ1v) is 10.5. The number of aromatic amines is 1. The van der Waals surface area contributed by atoms with E-state index in [0.717, 1.165) is 15.8 Å². The van der Waals surface area contributed by atoms with Crippen LogP contribution in [0.4, 0.5) is 10.8 Å². The van der Waals surface area contributed by atoms with Crippen molar-refractivity contribution in [2.24, 2.45) is 0 Å². The molecule has 0 atom stereocenters. The third-order valence-electron chi connectivity index (χ3n) is 3.83. The van der Waals surface area contributed by atoms with Crippen LogP contribution in [-0.2, 0) is 5.75 Å². The molecule has 2 aromatic carbocycles. The van der Waals surface area contributed by atoms with Gasteiger partial charge in [-0.2, -0.15) is 0 Å². The Balaban J connectivity index is 1.45. The molecule has 2 aromatic heterocycles. The fraction of sp³-hybridized carbons (Fsp3) is 0.158. The van der Waals surface area contributed by atoms with Crippen LogP contribution in [-0.4, -0.2) is 26.8 Å². The molecule has 0 saturated heterocycles. The first-order chi connectivity index (χ1) is 13.7. The molecule has 0 unspecified atom stereocenters. The molecule has 0 bridgehead atoms. The zero-order valence-electron chi connectivity index (χ0n) is 15.0. The van der Waals surface area contributed by atoms with E-state index < -0.39 is 0 Å². The molecule has 4 aromatic rings. The van der Waals surface area contributed by atoms with Crippen LogP contribution in [0.2, 0.25) is 0 Å². The number of ether oxygens (including phenoxy) is 1. The van der Waals surface area contributed by atoms with Gasteiger partial charge < -0.3 is 15.0 Å². The van der Waals surface area contributed by atoms with Crippen LogP contribution in [0.3, 0.4) is 0 Å². The van der Waals surface area contributed by atoms with Crippen molar-refractivity contribution in [2.75, 3.05) is 11.9 Å². The number of fused-ring (bicyclic) bond motifs is 1. The predicted molar refractivity (Wildman–Crippen MR) is 113 cm³/mol. The van der Waals surface area contributed by atoms with Gasteiger partial charge in [-0.05, 0) is 31.2 Å². The number of nitrogens with one attached hydrogen (secondary N) is 2. The van der Waals surface area contributed by atoms with Crippen molar-refractivity contribution < 1.29 is 4.74 Å². The molecular formula is C19H17N5O2S2. The molecule has 0 spiro atoms. The standard InChI is InChI=1S/C19H17N5O2S2/c1-2-26-15-10-6-5-9-14(15)21-18-23-24-19(28-18)27-11-16-20-13-8-4-3-7-12(13)17(25)22-16/h3-10H,2,11H2,1H3,(H,21,23)(H,20,22,25). The summed E-state index contributed by atoms with van der Waals surface area (Å²) in [4.78, 5) is 19.5. The second kappa shape index (κ2) is 8.41. The lowest BCUT2D eigenvalue weighted by Crippen LogP contribution is -2.11. The van der Waals surface area contributed by atoms with Crippen LogP contribution in [0, 0.1) is 0 Å². The van der Waals surface area contributed by atoms with Crippen LogP contribution in [0.15, 0.2) is 57.7 Å². The van der Waals surface area contributed by atoms with Crippen LogP contribution in [0.5, 0.6) is 5.75 Å². The lowest BCUT2D eigenvalue weighted by atomic mass is 10.2. The Morgan fingerprint density at radius 1 is 1.14 bits per heavy atom. The third-order valence-corrected chi connectivity index (χ3v) is 5.81. The Labute approximate surface area is 169 Å². The maximum Gasteiger partial charge on any atom is 0.258 e. The van der Waals surface area contributed by atoms with E-state index in [9.17, 15) is 4.79 Å². The molecule has 142 valence electrons. The molecule has 0 radical (unpaired) electrons. The zero-order valence-corrected chi connectivity index (χ0v) is 16.6. The number of anilines is 2. The molecule has 28 heavy (non-hydrogen) atoms. The number of aromatic nitrogens is 4. The van der Waals surface area contributed by atoms with Gasteiger partial charge in [0.05, 0.1) is 29.0 Å². The number of thioether (sulfide) groups is 1. The summed E-state index contributed by atoms with van der Waals surface area (Å²) < 4.78 is 6.40. The molecule has 0 fully saturated rings. The maximum absolute atomic E-state index is 12.2. The van der Waals surface area contributed by atoms with Crippen LogP contribution < -0.4 is 15.6 Å². The minimum Gasteiger partial charge on any atom is -0.492 e. The van der Waals surface area contributed by atoms with Crippen molar-refractivity contribution in [3.05, 3.63) is 64.7 Å². The van der Waals surface area contributed by atoms with Crippen molar-refractivity contribution >= 4 is 44.8 Å². The van der Waals surface area contributed by atoms with E-state index in [1.807, 2.05) is 49.4 Å². The largest absolute Gasteiger partial charge is 0.492 e. The fourth-order valence-electron chi connectivity index (χ4n) is 2.62. The summed E-state index contributed by atoms with van der Waals surface area (Å²) in [6, 6.07) is 15.0. The number of para-hydroxylation sites is 3. The molecule has 0 aliphatic heterocycles. The lowest BCUT2D eigenvalue weighted by Gasteiger charge is -2.09. The second-order valence-electron chi connectivity index (χ2n) is 5.75. The quantitative estimate of drug-likeness (QED) is 0.440. The maximum atomic E-state index is 12.2. The Kier molecular flexibility index (Phi) is 5.54. The van der Waals surface area contributed by atoms with E-state index in [4.69, 9.17) is 4.74 Å². The summed E-state index contributed by atoms with van der Waals surface area (Å²) in [5, 5.41) is 12.9. The highest BCUT2D eigenvalue weighted by Crippen LogP contribution is 2.32. The molecule has 0 saturated carbocycles. The number of H-pyrrole nitrogens is 1. The Bertz CT molecular complexity index is 1160. The van der Waals surface area contributed by atoms with Crippen molar-refractivity contribution in [1.82, 2.24) is 20.2 Å². The van der Waals surface area contributed by atoms with E-state index in [-0.39, 0.29) is 5.56 Å². The average molecular weight is 412 g/mol. The average Bonchev–Trinajstić information content (AvgIpc) is 3.16. The van der Waals surface area contributed by atoms with Crippen LogP contribution in [0.25, 0.3) is 10.9 Å². The predicted octanol–water partition coefficient (Wildman–Crippen LogP) is 4.21. The van der Waals surface area contributed by atoms with E-state index in [2.05, 4.69) is 25.5 Å². The molecule has 2 heterocycles. The number of benzene rings is 2. The third kappa shape index (κ3) is 4.15. The summed E-state index contributed by atoms with van der Waals surface area (Å²) in [5.41, 5.74) is 1.40. The van der Waals surface area contributed by atoms with Gasteiger partial charge in [0, 0.05) is 0 Å². The lowest BCUT2D eigenvalue weighted by molar-refractivity contribution is 0.342. The Hall–Kier alpha value is -2.91. The highest BCUT2D eigenvalue weighted by Gasteiger charge is 2.10. The van der Waals surface area contributed by atoms with Gasteiger partial charge in [0.15, 0.2) is 4.34 Å². The summed E-state index contributed by atoms with van der Waals surface area (Å²) in [6.45, 7) is 2.54. The van der Waals surface area contributed by atoms with Crippen molar-refractivity contribution in [1.29, 1.82) is 0 Å². The highest BCUT2D eigenvalue weighted by atomic mass is 32.2. The minimum absolute atomic E-state index is 0.131. The molecule has 2 N–H and O–H groups in total. The van der Waals surface area contributed by atoms with Gasteiger partial charge in [-0.3, -0.25) is 4.79 Å². The normalized spacial score (nSPS) is 10.9. The first-order valence-electron chi connectivity index (χ1n) is 8.66. The molecule has 9 heteroatoms. The monoisotopic (exact) mass is 411 g/mol. The van der Waals surface area contributed by atoms with Gasteiger partial charge in [-0.15, -0.1) is 10.2 Å². The molecule has 0 aliphatic carbocycles. The van der Waals surface area contributed by atoms with Gasteiger partial charge in [0.2, 0.25) is 5.13 Å². The van der Waals surface area contributed by atoms with Gasteiger partial charge in [-0.1, -0.05) is 47.4 Å². The molecule has 4 rings (SSSR count). The van der Waals surface area contributed by atoms with Crippen molar-refractivity contribution in [3.8, 4) is 5.75 Å². The van der Waals surface area contributed by atoms with Gasteiger partial charge in [0.25, 0.3) is 5.56 Å². The first kappa shape index (κ1) is 18.5. The van der Waals surface area contributed by atoms with Crippen molar-refractivity contribution in [3.63, 3.8) is 0 Å². The molecule has 0 amide bonds. The summed E-state index contributed by atoms with van der Waals surface area (Å²) >= 11 is 2.91. The zero-order chi connectivity index (χ0) is 19.3. The second-order valence-corrected chi connectivity index (χ2v) is 7.95. The summed E-state index contributed by atoms with van der Waals surface area (Å²) in [6.07, 6.45) is 0. The minimum atomic E-state index is -0.131. The van der Waals surface area contributed by atoms with E-state index in [1.165, 1.54) is 23.1 Å². The summed E-state index contributed by atoms with van der Waals surface area (Å²) in [5.74, 6) is 1.89. The van der Waals surface area contributed by atoms with Crippen molar-refractivity contribution in [2.45, 2.75) is 17.0 Å². The van der Waals surface area contributed by atoms with Crippen LogP contribution in [0.1, 0.15) is 12.7 Å². The highest BCUT2D eigenvalue weighted by molar-refractivity contribution is 8.00. The van der Waals surface area contributed by atoms with E-state index in [1.54, 1.807) is 6.07 Å². The van der Waals surface area contributed by atoms with E-state index >= 15 is 0 Å². The fourth-order valence-corrected chi connectivity index (χ4v) is 4.25. The number of hydrogen-bond donors (Lipinski definition) is 2. The number of rotatable bonds is 7. The van der Waals surface area contributed by atoms with Gasteiger partial charge >= 0.3 is 0 Å². The Morgan fingerprint density at radius 2 is 1.96 bits per heavy atom. The van der Waals surface area contributed by atoms with Gasteiger partial charge in [0.1, 0.15) is 11.6 Å². The molecule has 0 aliphatic rings. The topological polar surface area (TPSA) is 92.8 Å². The van der Waals surface area contributed by atoms with Gasteiger partial charge in [-0.25, -0.2) is 4.98 Å².